The van der Waals surface area contributed by atoms with Crippen LogP contribution in [0.2, 0.25) is 0 Å². The topological polar surface area (TPSA) is 78.3 Å². The van der Waals surface area contributed by atoms with Crippen LogP contribution in [0.3, 0.4) is 0 Å². The molecule has 1 aromatic heterocycles. The molecule has 1 amide bonds. The van der Waals surface area contributed by atoms with Gasteiger partial charge in [-0.25, -0.2) is 4.39 Å². The Morgan fingerprint density at radius 3 is 2.62 bits per heavy atom. The van der Waals surface area contributed by atoms with Crippen molar-refractivity contribution in [3.63, 3.8) is 0 Å². The third-order valence-electron chi connectivity index (χ3n) is 5.29. The second kappa shape index (κ2) is 9.56. The van der Waals surface area contributed by atoms with Crippen LogP contribution in [-0.4, -0.2) is 32.7 Å². The average Bonchev–Trinajstić information content (AvgIpc) is 3.47. The number of amides is 1. The number of rotatable bonds is 7. The van der Waals surface area contributed by atoms with E-state index in [1.807, 2.05) is 41.8 Å². The number of thioether (sulfide) groups is 1. The molecule has 0 bridgehead atoms. The highest BCUT2D eigenvalue weighted by molar-refractivity contribution is 8.00. The highest BCUT2D eigenvalue weighted by Gasteiger charge is 2.22. The average molecular weight is 477 g/mol. The molecule has 3 aromatic carbocycles. The molecule has 0 fully saturated rings. The standard InChI is InChI=1S/C25H21FN4O3S/c1-16(24(31)27-20-11-12-21-22(13-20)33-15-32-21)34-25-29-28-23(18-7-9-19(26)10-8-18)30(25)14-17-5-3-2-4-6-17/h2-13,16H,14-15H2,1H3,(H,27,31)/t16-/m1/s1. The highest BCUT2D eigenvalue weighted by Crippen LogP contribution is 2.35. The maximum Gasteiger partial charge on any atom is 0.237 e. The van der Waals surface area contributed by atoms with E-state index in [1.54, 1.807) is 30.3 Å². The fourth-order valence-electron chi connectivity index (χ4n) is 3.53. The smallest absolute Gasteiger partial charge is 0.237 e. The zero-order chi connectivity index (χ0) is 23.5. The van der Waals surface area contributed by atoms with Gasteiger partial charge in [-0.05, 0) is 48.9 Å². The molecule has 0 aliphatic carbocycles. The number of benzene rings is 3. The Kier molecular flexibility index (Phi) is 6.18. The van der Waals surface area contributed by atoms with Crippen LogP contribution >= 0.6 is 11.8 Å². The zero-order valence-electron chi connectivity index (χ0n) is 18.3. The lowest BCUT2D eigenvalue weighted by Gasteiger charge is -2.14. The molecule has 9 heteroatoms. The number of halogens is 1. The van der Waals surface area contributed by atoms with Crippen LogP contribution < -0.4 is 14.8 Å². The summed E-state index contributed by atoms with van der Waals surface area (Å²) in [7, 11) is 0. The predicted molar refractivity (Wildman–Crippen MR) is 127 cm³/mol. The molecule has 4 aromatic rings. The largest absolute Gasteiger partial charge is 0.454 e. The molecule has 0 saturated heterocycles. The summed E-state index contributed by atoms with van der Waals surface area (Å²) in [6.45, 7) is 2.50. The van der Waals surface area contributed by atoms with E-state index in [1.165, 1.54) is 23.9 Å². The number of ether oxygens (including phenoxy) is 2. The van der Waals surface area contributed by atoms with Gasteiger partial charge >= 0.3 is 0 Å². The van der Waals surface area contributed by atoms with Crippen molar-refractivity contribution in [3.05, 3.63) is 84.2 Å². The minimum absolute atomic E-state index is 0.173. The van der Waals surface area contributed by atoms with Gasteiger partial charge in [-0.15, -0.1) is 10.2 Å². The monoisotopic (exact) mass is 476 g/mol. The number of fused-ring (bicyclic) bond motifs is 1. The summed E-state index contributed by atoms with van der Waals surface area (Å²) >= 11 is 1.31. The molecule has 2 heterocycles. The molecular weight excluding hydrogens is 455 g/mol. The number of carbonyl (C=O) groups is 1. The fraction of sp³-hybridized carbons (Fsp3) is 0.160. The first-order chi connectivity index (χ1) is 16.6. The van der Waals surface area contributed by atoms with Crippen molar-refractivity contribution in [2.24, 2.45) is 0 Å². The molecule has 7 nitrogen and oxygen atoms in total. The van der Waals surface area contributed by atoms with Gasteiger partial charge in [0.05, 0.1) is 11.8 Å². The van der Waals surface area contributed by atoms with Crippen molar-refractivity contribution in [2.75, 3.05) is 12.1 Å². The van der Waals surface area contributed by atoms with Crippen molar-refractivity contribution < 1.29 is 18.7 Å². The molecule has 1 aliphatic rings. The highest BCUT2D eigenvalue weighted by atomic mass is 32.2. The first-order valence-corrected chi connectivity index (χ1v) is 11.5. The van der Waals surface area contributed by atoms with E-state index in [2.05, 4.69) is 15.5 Å². The van der Waals surface area contributed by atoms with Crippen molar-refractivity contribution in [2.45, 2.75) is 23.9 Å². The molecule has 1 atom stereocenters. The van der Waals surface area contributed by atoms with Crippen molar-refractivity contribution in [1.29, 1.82) is 0 Å². The number of nitrogens with one attached hydrogen (secondary N) is 1. The third kappa shape index (κ3) is 4.74. The second-order valence-electron chi connectivity index (χ2n) is 7.70. The quantitative estimate of drug-likeness (QED) is 0.379. The van der Waals surface area contributed by atoms with Crippen LogP contribution in [0, 0.1) is 5.82 Å². The van der Waals surface area contributed by atoms with Crippen molar-refractivity contribution in [1.82, 2.24) is 14.8 Å². The second-order valence-corrected chi connectivity index (χ2v) is 9.01. The lowest BCUT2D eigenvalue weighted by atomic mass is 10.2. The van der Waals surface area contributed by atoms with Gasteiger partial charge in [0.2, 0.25) is 12.7 Å². The lowest BCUT2D eigenvalue weighted by molar-refractivity contribution is -0.115. The predicted octanol–water partition coefficient (Wildman–Crippen LogP) is 4.98. The maximum absolute atomic E-state index is 13.5. The lowest BCUT2D eigenvalue weighted by Crippen LogP contribution is -2.23. The summed E-state index contributed by atoms with van der Waals surface area (Å²) in [5, 5.41) is 11.8. The van der Waals surface area contributed by atoms with Crippen LogP contribution in [0.1, 0.15) is 12.5 Å². The van der Waals surface area contributed by atoms with Gasteiger partial charge in [0.1, 0.15) is 5.82 Å². The van der Waals surface area contributed by atoms with Crippen LogP contribution in [0.15, 0.2) is 78.0 Å². The van der Waals surface area contributed by atoms with Crippen LogP contribution in [0.25, 0.3) is 11.4 Å². The Morgan fingerprint density at radius 2 is 1.82 bits per heavy atom. The van der Waals surface area contributed by atoms with E-state index >= 15 is 0 Å². The van der Waals surface area contributed by atoms with Crippen LogP contribution in [0.5, 0.6) is 11.5 Å². The first-order valence-electron chi connectivity index (χ1n) is 10.7. The van der Waals surface area contributed by atoms with Gasteiger partial charge in [0, 0.05) is 17.3 Å². The Labute approximate surface area is 199 Å². The number of aromatic nitrogens is 3. The molecule has 0 saturated carbocycles. The summed E-state index contributed by atoms with van der Waals surface area (Å²) in [5.41, 5.74) is 2.43. The normalized spacial score (nSPS) is 13.0. The number of anilines is 1. The molecular formula is C25H21FN4O3S. The maximum atomic E-state index is 13.5. The number of hydrogen-bond donors (Lipinski definition) is 1. The molecule has 1 N–H and O–H groups in total. The van der Waals surface area contributed by atoms with Gasteiger partial charge in [-0.2, -0.15) is 0 Å². The zero-order valence-corrected chi connectivity index (χ0v) is 19.1. The SMILES string of the molecule is C[C@@H](Sc1nnc(-c2ccc(F)cc2)n1Cc1ccccc1)C(=O)Nc1ccc2c(c1)OCO2. The van der Waals surface area contributed by atoms with E-state index < -0.39 is 5.25 Å². The van der Waals surface area contributed by atoms with E-state index in [-0.39, 0.29) is 18.5 Å². The minimum atomic E-state index is -0.454. The van der Waals surface area contributed by atoms with E-state index in [4.69, 9.17) is 9.47 Å². The number of carbonyl (C=O) groups excluding carboxylic acids is 1. The van der Waals surface area contributed by atoms with E-state index in [9.17, 15) is 9.18 Å². The summed E-state index contributed by atoms with van der Waals surface area (Å²) < 4.78 is 26.1. The number of nitrogens with zero attached hydrogens (tertiary/aromatic N) is 3. The van der Waals surface area contributed by atoms with Gasteiger partial charge in [0.15, 0.2) is 22.5 Å². The molecule has 34 heavy (non-hydrogen) atoms. The van der Waals surface area contributed by atoms with E-state index in [0.29, 0.717) is 34.7 Å². The van der Waals surface area contributed by atoms with Crippen LogP contribution in [-0.2, 0) is 11.3 Å². The van der Waals surface area contributed by atoms with Crippen LogP contribution in [0.4, 0.5) is 10.1 Å². The van der Waals surface area contributed by atoms with Gasteiger partial charge < -0.3 is 14.8 Å². The molecule has 1 aliphatic heterocycles. The van der Waals surface area contributed by atoms with E-state index in [0.717, 1.165) is 11.1 Å². The van der Waals surface area contributed by atoms with Gasteiger partial charge in [-0.1, -0.05) is 42.1 Å². The Morgan fingerprint density at radius 1 is 1.06 bits per heavy atom. The van der Waals surface area contributed by atoms with Crippen molar-refractivity contribution >= 4 is 23.4 Å². The summed E-state index contributed by atoms with van der Waals surface area (Å²) in [6.07, 6.45) is 0. The van der Waals surface area contributed by atoms with Gasteiger partial charge in [0.25, 0.3) is 0 Å². The minimum Gasteiger partial charge on any atom is -0.454 e. The summed E-state index contributed by atoms with van der Waals surface area (Å²) in [5.74, 6) is 1.37. The Hall–Kier alpha value is -3.85. The molecule has 5 rings (SSSR count). The molecule has 0 unspecified atom stereocenters. The molecule has 172 valence electrons. The van der Waals surface area contributed by atoms with Crippen molar-refractivity contribution in [3.8, 4) is 22.9 Å². The molecule has 0 spiro atoms. The summed E-state index contributed by atoms with van der Waals surface area (Å²) in [4.78, 5) is 12.9. The number of hydrogen-bond acceptors (Lipinski definition) is 6. The Balaban J connectivity index is 1.37. The Bertz CT molecular complexity index is 1310. The first kappa shape index (κ1) is 22.0. The molecule has 0 radical (unpaired) electrons. The fourth-order valence-corrected chi connectivity index (χ4v) is 4.38. The summed E-state index contributed by atoms with van der Waals surface area (Å²) in [6, 6.07) is 21.3. The third-order valence-corrected chi connectivity index (χ3v) is 6.37. The van der Waals surface area contributed by atoms with Gasteiger partial charge in [-0.3, -0.25) is 9.36 Å².